The highest BCUT2D eigenvalue weighted by Crippen LogP contribution is 2.35. The Bertz CT molecular complexity index is 462. The van der Waals surface area contributed by atoms with E-state index in [1.54, 1.807) is 0 Å². The Kier molecular flexibility index (Phi) is 18.8. The van der Waals surface area contributed by atoms with Gasteiger partial charge < -0.3 is 19.6 Å². The third-order valence-electron chi connectivity index (χ3n) is 4.51. The first kappa shape index (κ1) is 28.3. The predicted molar refractivity (Wildman–Crippen MR) is 114 cm³/mol. The molecule has 0 aromatic rings. The van der Waals surface area contributed by atoms with Gasteiger partial charge in [0.15, 0.2) is 0 Å². The lowest BCUT2D eigenvalue weighted by Crippen LogP contribution is -2.23. The number of rotatable bonds is 20. The molecule has 0 aromatic heterocycles. The maximum atomic E-state index is 11.5. The third-order valence-corrected chi connectivity index (χ3v) is 5.00. The second-order valence-electron chi connectivity index (χ2n) is 7.46. The van der Waals surface area contributed by atoms with Crippen LogP contribution in [0.25, 0.3) is 0 Å². The zero-order valence-corrected chi connectivity index (χ0v) is 18.9. The van der Waals surface area contributed by atoms with E-state index in [2.05, 4.69) is 23.6 Å². The van der Waals surface area contributed by atoms with Gasteiger partial charge in [0.25, 0.3) is 0 Å². The molecule has 0 bridgehead atoms. The number of carbonyl (C=O) groups is 1. The van der Waals surface area contributed by atoms with Crippen molar-refractivity contribution < 1.29 is 33.5 Å². The van der Waals surface area contributed by atoms with Crippen molar-refractivity contribution in [3.63, 3.8) is 0 Å². The zero-order chi connectivity index (χ0) is 21.8. The topological polar surface area (TPSA) is 113 Å². The molecule has 3 N–H and O–H groups in total. The lowest BCUT2D eigenvalue weighted by molar-refractivity contribution is -0.147. The molecule has 1 atom stereocenters. The van der Waals surface area contributed by atoms with Gasteiger partial charge in [0.05, 0.1) is 6.61 Å². The van der Waals surface area contributed by atoms with Crippen molar-refractivity contribution in [2.45, 2.75) is 103 Å². The second kappa shape index (κ2) is 19.3. The fourth-order valence-corrected chi connectivity index (χ4v) is 3.20. The van der Waals surface area contributed by atoms with Gasteiger partial charge in [-0.1, -0.05) is 70.4 Å². The molecule has 0 saturated carbocycles. The minimum absolute atomic E-state index is 0.287. The van der Waals surface area contributed by atoms with E-state index in [4.69, 9.17) is 14.5 Å². The van der Waals surface area contributed by atoms with E-state index in [0.29, 0.717) is 0 Å². The SMILES string of the molecule is CCCCCCC=CCCCCCCCCCC(=O)OC[C@@H](O)COP(=O)(O)O. The summed E-state index contributed by atoms with van der Waals surface area (Å²) in [6.07, 6.45) is 19.0. The summed E-state index contributed by atoms with van der Waals surface area (Å²) in [5.41, 5.74) is 0. The Morgan fingerprint density at radius 3 is 1.93 bits per heavy atom. The van der Waals surface area contributed by atoms with Gasteiger partial charge in [-0.2, -0.15) is 0 Å². The highest BCUT2D eigenvalue weighted by molar-refractivity contribution is 7.46. The molecule has 172 valence electrons. The lowest BCUT2D eigenvalue weighted by Gasteiger charge is -2.12. The molecule has 0 radical (unpaired) electrons. The van der Waals surface area contributed by atoms with Crippen LogP contribution >= 0.6 is 7.82 Å². The number of hydrogen-bond donors (Lipinski definition) is 3. The van der Waals surface area contributed by atoms with Gasteiger partial charge in [0, 0.05) is 6.42 Å². The third kappa shape index (κ3) is 23.4. The van der Waals surface area contributed by atoms with Gasteiger partial charge >= 0.3 is 13.8 Å². The van der Waals surface area contributed by atoms with Crippen LogP contribution in [0.3, 0.4) is 0 Å². The minimum atomic E-state index is -4.62. The molecule has 0 rings (SSSR count). The van der Waals surface area contributed by atoms with E-state index in [0.717, 1.165) is 19.3 Å². The molecule has 0 unspecified atom stereocenters. The van der Waals surface area contributed by atoms with E-state index < -0.39 is 26.5 Å². The minimum Gasteiger partial charge on any atom is -0.463 e. The van der Waals surface area contributed by atoms with Gasteiger partial charge in [-0.25, -0.2) is 4.57 Å². The first-order chi connectivity index (χ1) is 13.8. The summed E-state index contributed by atoms with van der Waals surface area (Å²) in [5, 5.41) is 9.42. The maximum Gasteiger partial charge on any atom is 0.469 e. The largest absolute Gasteiger partial charge is 0.469 e. The number of phosphoric ester groups is 1. The van der Waals surface area contributed by atoms with Crippen molar-refractivity contribution >= 4 is 13.8 Å². The van der Waals surface area contributed by atoms with E-state index in [1.165, 1.54) is 64.2 Å². The lowest BCUT2D eigenvalue weighted by atomic mass is 10.1. The molecule has 8 heteroatoms. The molecule has 0 aliphatic carbocycles. The molecule has 0 spiro atoms. The summed E-state index contributed by atoms with van der Waals surface area (Å²) in [5.74, 6) is -0.415. The van der Waals surface area contributed by atoms with Crippen molar-refractivity contribution in [2.24, 2.45) is 0 Å². The van der Waals surface area contributed by atoms with Crippen LogP contribution in [0.2, 0.25) is 0 Å². The Hall–Kier alpha value is -0.720. The van der Waals surface area contributed by atoms with Gasteiger partial charge in [0.1, 0.15) is 12.7 Å². The standard InChI is InChI=1S/C21H41O7P/c1-2-3-4-5-6-7-8-9-10-11-12-13-14-15-16-17-21(23)27-18-20(22)19-28-29(24,25)26/h7-8,20,22H,2-6,9-19H2,1H3,(H2,24,25,26)/t20-/m1/s1. The van der Waals surface area contributed by atoms with Crippen LogP contribution in [0, 0.1) is 0 Å². The monoisotopic (exact) mass is 436 g/mol. The Balaban J connectivity index is 3.36. The van der Waals surface area contributed by atoms with Gasteiger partial charge in [-0.3, -0.25) is 9.32 Å². The van der Waals surface area contributed by atoms with Crippen LogP contribution in [-0.4, -0.2) is 40.2 Å². The van der Waals surface area contributed by atoms with E-state index in [1.807, 2.05) is 0 Å². The van der Waals surface area contributed by atoms with Crippen molar-refractivity contribution in [1.29, 1.82) is 0 Å². The maximum absolute atomic E-state index is 11.5. The Labute approximate surface area is 176 Å². The quantitative estimate of drug-likeness (QED) is 0.106. The van der Waals surface area contributed by atoms with Gasteiger partial charge in [0.2, 0.25) is 0 Å². The summed E-state index contributed by atoms with van der Waals surface area (Å²) >= 11 is 0. The number of esters is 1. The normalized spacial score (nSPS) is 13.1. The average Bonchev–Trinajstić information content (AvgIpc) is 2.67. The smallest absolute Gasteiger partial charge is 0.463 e. The fraction of sp³-hybridized carbons (Fsp3) is 0.857. The number of phosphoric acid groups is 1. The van der Waals surface area contributed by atoms with Crippen LogP contribution in [0.4, 0.5) is 0 Å². The molecular formula is C21H41O7P. The summed E-state index contributed by atoms with van der Waals surface area (Å²) in [6, 6.07) is 0. The molecule has 0 fully saturated rings. The van der Waals surface area contributed by atoms with Crippen LogP contribution in [0.15, 0.2) is 12.2 Å². The van der Waals surface area contributed by atoms with Gasteiger partial charge in [-0.05, 0) is 32.1 Å². The number of ether oxygens (including phenoxy) is 1. The van der Waals surface area contributed by atoms with Crippen molar-refractivity contribution in [3.05, 3.63) is 12.2 Å². The average molecular weight is 437 g/mol. The Morgan fingerprint density at radius 1 is 0.862 bits per heavy atom. The summed E-state index contributed by atoms with van der Waals surface area (Å²) in [7, 11) is -4.62. The molecule has 0 amide bonds. The summed E-state index contributed by atoms with van der Waals surface area (Å²) in [6.45, 7) is 1.33. The first-order valence-corrected chi connectivity index (χ1v) is 12.6. The molecule has 0 aromatic carbocycles. The number of unbranched alkanes of at least 4 members (excludes halogenated alkanes) is 11. The van der Waals surface area contributed by atoms with Crippen LogP contribution < -0.4 is 0 Å². The van der Waals surface area contributed by atoms with Crippen molar-refractivity contribution in [1.82, 2.24) is 0 Å². The van der Waals surface area contributed by atoms with Crippen LogP contribution in [0.5, 0.6) is 0 Å². The van der Waals surface area contributed by atoms with E-state index in [9.17, 15) is 14.5 Å². The highest BCUT2D eigenvalue weighted by atomic mass is 31.2. The first-order valence-electron chi connectivity index (χ1n) is 11.0. The van der Waals surface area contributed by atoms with Crippen molar-refractivity contribution in [2.75, 3.05) is 13.2 Å². The number of aliphatic hydroxyl groups is 1. The second-order valence-corrected chi connectivity index (χ2v) is 8.70. The van der Waals surface area contributed by atoms with Crippen molar-refractivity contribution in [3.8, 4) is 0 Å². The number of hydrogen-bond acceptors (Lipinski definition) is 5. The highest BCUT2D eigenvalue weighted by Gasteiger charge is 2.17. The van der Waals surface area contributed by atoms with E-state index >= 15 is 0 Å². The van der Waals surface area contributed by atoms with Crippen LogP contribution in [0.1, 0.15) is 96.8 Å². The molecule has 0 saturated heterocycles. The zero-order valence-electron chi connectivity index (χ0n) is 18.0. The molecular weight excluding hydrogens is 395 g/mol. The molecule has 0 heterocycles. The number of carbonyl (C=O) groups excluding carboxylic acids is 1. The summed E-state index contributed by atoms with van der Waals surface area (Å²) in [4.78, 5) is 28.6. The number of aliphatic hydroxyl groups excluding tert-OH is 1. The molecule has 7 nitrogen and oxygen atoms in total. The molecule has 0 aliphatic heterocycles. The molecule has 0 aliphatic rings. The van der Waals surface area contributed by atoms with Gasteiger partial charge in [-0.15, -0.1) is 0 Å². The Morgan fingerprint density at radius 2 is 1.38 bits per heavy atom. The fourth-order valence-electron chi connectivity index (χ4n) is 2.83. The van der Waals surface area contributed by atoms with Crippen LogP contribution in [-0.2, 0) is 18.6 Å². The predicted octanol–water partition coefficient (Wildman–Crippen LogP) is 5.04. The van der Waals surface area contributed by atoms with E-state index in [-0.39, 0.29) is 13.0 Å². The summed E-state index contributed by atoms with van der Waals surface area (Å²) < 4.78 is 19.5. The number of allylic oxidation sites excluding steroid dienone is 2. The molecule has 29 heavy (non-hydrogen) atoms.